The molecule has 0 bridgehead atoms. The van der Waals surface area contributed by atoms with E-state index in [2.05, 4.69) is 24.3 Å². The van der Waals surface area contributed by atoms with E-state index in [1.165, 1.54) is 5.56 Å². The van der Waals surface area contributed by atoms with Gasteiger partial charge in [0.2, 0.25) is 0 Å². The van der Waals surface area contributed by atoms with Gasteiger partial charge in [-0.25, -0.2) is 0 Å². The lowest BCUT2D eigenvalue weighted by atomic mass is 10.2. The monoisotopic (exact) mass is 236 g/mol. The highest BCUT2D eigenvalue weighted by atomic mass is 16.5. The first-order chi connectivity index (χ1) is 8.88. The van der Waals surface area contributed by atoms with Gasteiger partial charge in [-0.1, -0.05) is 66.8 Å². The molecular formula is C17H16O. The SMILES string of the molecule is COc1ccc(/C=C/C=C/c2ccccc2)cc1. The number of methoxy groups -OCH3 is 1. The van der Waals surface area contributed by atoms with Crippen molar-refractivity contribution in [3.05, 3.63) is 77.9 Å². The lowest BCUT2D eigenvalue weighted by molar-refractivity contribution is 0.415. The van der Waals surface area contributed by atoms with Crippen LogP contribution in [0.15, 0.2) is 66.7 Å². The molecule has 90 valence electrons. The third kappa shape index (κ3) is 3.63. The summed E-state index contributed by atoms with van der Waals surface area (Å²) < 4.78 is 5.11. The van der Waals surface area contributed by atoms with Crippen LogP contribution in [0.25, 0.3) is 12.2 Å². The fourth-order valence-electron chi connectivity index (χ4n) is 1.61. The van der Waals surface area contributed by atoms with Crippen molar-refractivity contribution < 1.29 is 4.74 Å². The van der Waals surface area contributed by atoms with Gasteiger partial charge >= 0.3 is 0 Å². The molecule has 0 aliphatic heterocycles. The molecule has 2 aromatic rings. The Kier molecular flexibility index (Phi) is 4.37. The second-order valence-corrected chi connectivity index (χ2v) is 3.90. The molecule has 0 fully saturated rings. The van der Waals surface area contributed by atoms with Crippen LogP contribution >= 0.6 is 0 Å². The smallest absolute Gasteiger partial charge is 0.118 e. The van der Waals surface area contributed by atoms with Gasteiger partial charge in [0.15, 0.2) is 0 Å². The van der Waals surface area contributed by atoms with Crippen molar-refractivity contribution in [2.24, 2.45) is 0 Å². The molecule has 0 saturated carbocycles. The van der Waals surface area contributed by atoms with Crippen LogP contribution in [0.5, 0.6) is 5.75 Å². The predicted octanol–water partition coefficient (Wildman–Crippen LogP) is 4.42. The molecule has 2 aromatic carbocycles. The Bertz CT molecular complexity index is 521. The Labute approximate surface area is 108 Å². The highest BCUT2D eigenvalue weighted by molar-refractivity contribution is 5.57. The Morgan fingerprint density at radius 1 is 0.722 bits per heavy atom. The van der Waals surface area contributed by atoms with Crippen molar-refractivity contribution in [2.75, 3.05) is 7.11 Å². The predicted molar refractivity (Wildman–Crippen MR) is 77.5 cm³/mol. The van der Waals surface area contributed by atoms with E-state index in [1.54, 1.807) is 7.11 Å². The summed E-state index contributed by atoms with van der Waals surface area (Å²) in [4.78, 5) is 0. The van der Waals surface area contributed by atoms with E-state index in [9.17, 15) is 0 Å². The van der Waals surface area contributed by atoms with Gasteiger partial charge in [0, 0.05) is 0 Å². The average molecular weight is 236 g/mol. The molecule has 0 aromatic heterocycles. The zero-order valence-corrected chi connectivity index (χ0v) is 10.4. The zero-order valence-electron chi connectivity index (χ0n) is 10.4. The molecule has 0 heterocycles. The summed E-state index contributed by atoms with van der Waals surface area (Å²) in [6.07, 6.45) is 8.23. The topological polar surface area (TPSA) is 9.23 Å². The lowest BCUT2D eigenvalue weighted by Gasteiger charge is -1.98. The van der Waals surface area contributed by atoms with Gasteiger partial charge < -0.3 is 4.74 Å². The van der Waals surface area contributed by atoms with E-state index in [0.29, 0.717) is 0 Å². The molecule has 0 aliphatic carbocycles. The Morgan fingerprint density at radius 2 is 1.28 bits per heavy atom. The maximum Gasteiger partial charge on any atom is 0.118 e. The molecule has 0 N–H and O–H groups in total. The van der Waals surface area contributed by atoms with Crippen LogP contribution in [0.3, 0.4) is 0 Å². The Hall–Kier alpha value is -2.28. The van der Waals surface area contributed by atoms with E-state index >= 15 is 0 Å². The quantitative estimate of drug-likeness (QED) is 0.714. The molecule has 1 heteroatoms. The average Bonchev–Trinajstić information content (AvgIpc) is 2.45. The molecule has 2 rings (SSSR count). The third-order valence-corrected chi connectivity index (χ3v) is 2.60. The minimum Gasteiger partial charge on any atom is -0.497 e. The maximum atomic E-state index is 5.11. The molecule has 0 amide bonds. The number of ether oxygens (including phenoxy) is 1. The second-order valence-electron chi connectivity index (χ2n) is 3.90. The summed E-state index contributed by atoms with van der Waals surface area (Å²) in [7, 11) is 1.67. The van der Waals surface area contributed by atoms with Crippen molar-refractivity contribution in [1.82, 2.24) is 0 Å². The second kappa shape index (κ2) is 6.45. The molecule has 1 nitrogen and oxygen atoms in total. The van der Waals surface area contributed by atoms with Crippen LogP contribution in [0.1, 0.15) is 11.1 Å². The highest BCUT2D eigenvalue weighted by Gasteiger charge is 1.88. The first kappa shape index (κ1) is 12.2. The van der Waals surface area contributed by atoms with Crippen LogP contribution < -0.4 is 4.74 Å². The van der Waals surface area contributed by atoms with Crippen LogP contribution in [-0.4, -0.2) is 7.11 Å². The van der Waals surface area contributed by atoms with E-state index in [1.807, 2.05) is 54.6 Å². The van der Waals surface area contributed by atoms with Gasteiger partial charge in [0.1, 0.15) is 5.75 Å². The fraction of sp³-hybridized carbons (Fsp3) is 0.0588. The Morgan fingerprint density at radius 3 is 1.83 bits per heavy atom. The van der Waals surface area contributed by atoms with Crippen molar-refractivity contribution in [1.29, 1.82) is 0 Å². The maximum absolute atomic E-state index is 5.11. The van der Waals surface area contributed by atoms with Gasteiger partial charge in [0.05, 0.1) is 7.11 Å². The van der Waals surface area contributed by atoms with Crippen LogP contribution in [0, 0.1) is 0 Å². The highest BCUT2D eigenvalue weighted by Crippen LogP contribution is 2.12. The van der Waals surface area contributed by atoms with Gasteiger partial charge in [0.25, 0.3) is 0 Å². The number of allylic oxidation sites excluding steroid dienone is 2. The lowest BCUT2D eigenvalue weighted by Crippen LogP contribution is -1.81. The summed E-state index contributed by atoms with van der Waals surface area (Å²) in [5.74, 6) is 0.881. The summed E-state index contributed by atoms with van der Waals surface area (Å²) in [5, 5.41) is 0. The largest absolute Gasteiger partial charge is 0.497 e. The molecule has 0 aliphatic rings. The van der Waals surface area contributed by atoms with E-state index in [4.69, 9.17) is 4.74 Å². The molecular weight excluding hydrogens is 220 g/mol. The Balaban J connectivity index is 1.96. The number of hydrogen-bond acceptors (Lipinski definition) is 1. The van der Waals surface area contributed by atoms with E-state index in [0.717, 1.165) is 11.3 Å². The third-order valence-electron chi connectivity index (χ3n) is 2.60. The summed E-state index contributed by atoms with van der Waals surface area (Å²) >= 11 is 0. The first-order valence-electron chi connectivity index (χ1n) is 5.92. The van der Waals surface area contributed by atoms with Crippen LogP contribution in [0.2, 0.25) is 0 Å². The summed E-state index contributed by atoms with van der Waals surface area (Å²) in [5.41, 5.74) is 2.37. The molecule has 0 atom stereocenters. The molecule has 0 spiro atoms. The normalized spacial score (nSPS) is 11.2. The first-order valence-corrected chi connectivity index (χ1v) is 5.92. The van der Waals surface area contributed by atoms with Gasteiger partial charge in [-0.05, 0) is 23.3 Å². The summed E-state index contributed by atoms with van der Waals surface area (Å²) in [6, 6.07) is 18.2. The standard InChI is InChI=1S/C17H16O/c1-18-17-13-11-16(12-14-17)10-6-5-9-15-7-3-2-4-8-15/h2-14H,1H3/b9-5+,10-6+. The molecule has 0 unspecified atom stereocenters. The molecule has 0 radical (unpaired) electrons. The molecule has 18 heavy (non-hydrogen) atoms. The minimum atomic E-state index is 0.881. The van der Waals surface area contributed by atoms with E-state index < -0.39 is 0 Å². The van der Waals surface area contributed by atoms with Gasteiger partial charge in [-0.3, -0.25) is 0 Å². The number of benzene rings is 2. The number of hydrogen-bond donors (Lipinski definition) is 0. The summed E-state index contributed by atoms with van der Waals surface area (Å²) in [6.45, 7) is 0. The van der Waals surface area contributed by atoms with E-state index in [-0.39, 0.29) is 0 Å². The minimum absolute atomic E-state index is 0.881. The van der Waals surface area contributed by atoms with Gasteiger partial charge in [-0.15, -0.1) is 0 Å². The van der Waals surface area contributed by atoms with Crippen LogP contribution in [-0.2, 0) is 0 Å². The van der Waals surface area contributed by atoms with Crippen molar-refractivity contribution >= 4 is 12.2 Å². The van der Waals surface area contributed by atoms with Crippen LogP contribution in [0.4, 0.5) is 0 Å². The fourth-order valence-corrected chi connectivity index (χ4v) is 1.61. The molecule has 0 saturated heterocycles. The number of rotatable bonds is 4. The van der Waals surface area contributed by atoms with Crippen molar-refractivity contribution in [3.8, 4) is 5.75 Å². The van der Waals surface area contributed by atoms with Crippen molar-refractivity contribution in [3.63, 3.8) is 0 Å². The zero-order chi connectivity index (χ0) is 12.6. The van der Waals surface area contributed by atoms with Gasteiger partial charge in [-0.2, -0.15) is 0 Å². The van der Waals surface area contributed by atoms with Crippen molar-refractivity contribution in [2.45, 2.75) is 0 Å².